The van der Waals surface area contributed by atoms with Crippen molar-refractivity contribution in [3.05, 3.63) is 35.9 Å². The second kappa shape index (κ2) is 7.55. The monoisotopic (exact) mass is 420 g/mol. The smallest absolute Gasteiger partial charge is 0.410 e. The number of amides is 1. The Morgan fingerprint density at radius 3 is 2.90 bits per heavy atom. The molecule has 1 aromatic carbocycles. The van der Waals surface area contributed by atoms with Gasteiger partial charge in [0.25, 0.3) is 0 Å². The SMILES string of the molecule is [C-]#[N+]c1ccc2ncn(C[C@H]3CCC[C@]4(C3)CN(C3CCCCC3(C)C)C(=O)O4)c2c1. The summed E-state index contributed by atoms with van der Waals surface area (Å²) >= 11 is 0. The van der Waals surface area contributed by atoms with E-state index in [0.29, 0.717) is 11.6 Å². The lowest BCUT2D eigenvalue weighted by molar-refractivity contribution is 0.00377. The molecule has 2 saturated carbocycles. The number of benzene rings is 1. The van der Waals surface area contributed by atoms with Crippen LogP contribution in [0.5, 0.6) is 0 Å². The molecular formula is C25H32N4O2. The zero-order valence-electron chi connectivity index (χ0n) is 18.6. The molecule has 2 heterocycles. The molecule has 2 aromatic rings. The third-order valence-corrected chi connectivity index (χ3v) is 7.92. The molecule has 0 radical (unpaired) electrons. The molecule has 1 amide bonds. The van der Waals surface area contributed by atoms with Gasteiger partial charge in [-0.25, -0.2) is 14.6 Å². The number of imidazole rings is 1. The number of aromatic nitrogens is 2. The highest BCUT2D eigenvalue weighted by Gasteiger charge is 2.52. The molecule has 3 aliphatic rings. The number of rotatable bonds is 3. The average Bonchev–Trinajstić information content (AvgIpc) is 3.28. The van der Waals surface area contributed by atoms with Gasteiger partial charge < -0.3 is 14.2 Å². The molecule has 31 heavy (non-hydrogen) atoms. The summed E-state index contributed by atoms with van der Waals surface area (Å²) in [7, 11) is 0. The average molecular weight is 421 g/mol. The van der Waals surface area contributed by atoms with Crippen molar-refractivity contribution in [3.63, 3.8) is 0 Å². The summed E-state index contributed by atoms with van der Waals surface area (Å²) in [6, 6.07) is 5.96. The molecule has 1 spiro atoms. The number of hydrogen-bond donors (Lipinski definition) is 0. The van der Waals surface area contributed by atoms with Gasteiger partial charge in [0, 0.05) is 12.6 Å². The Labute approximate surface area is 184 Å². The van der Waals surface area contributed by atoms with Crippen LogP contribution >= 0.6 is 0 Å². The lowest BCUT2D eigenvalue weighted by Crippen LogP contribution is -2.49. The summed E-state index contributed by atoms with van der Waals surface area (Å²) in [5, 5.41) is 0. The Kier molecular flexibility index (Phi) is 4.96. The third kappa shape index (κ3) is 3.69. The molecule has 1 aromatic heterocycles. The van der Waals surface area contributed by atoms with Crippen molar-refractivity contribution in [2.24, 2.45) is 11.3 Å². The van der Waals surface area contributed by atoms with Gasteiger partial charge in [-0.1, -0.05) is 32.8 Å². The largest absolute Gasteiger partial charge is 0.441 e. The molecule has 3 fully saturated rings. The van der Waals surface area contributed by atoms with Crippen LogP contribution in [0.2, 0.25) is 0 Å². The van der Waals surface area contributed by atoms with Crippen molar-refractivity contribution in [2.45, 2.75) is 83.4 Å². The van der Waals surface area contributed by atoms with Crippen LogP contribution in [0.15, 0.2) is 24.5 Å². The van der Waals surface area contributed by atoms with E-state index >= 15 is 0 Å². The maximum absolute atomic E-state index is 13.0. The second-order valence-electron chi connectivity index (χ2n) is 10.6. The van der Waals surface area contributed by atoms with Gasteiger partial charge in [0.2, 0.25) is 0 Å². The number of nitrogens with zero attached hydrogens (tertiary/aromatic N) is 4. The van der Waals surface area contributed by atoms with Crippen LogP contribution in [0, 0.1) is 17.9 Å². The molecular weight excluding hydrogens is 388 g/mol. The van der Waals surface area contributed by atoms with Crippen LogP contribution in [0.4, 0.5) is 10.5 Å². The highest BCUT2D eigenvalue weighted by molar-refractivity contribution is 5.79. The Balaban J connectivity index is 1.33. The Morgan fingerprint density at radius 1 is 1.23 bits per heavy atom. The van der Waals surface area contributed by atoms with E-state index in [2.05, 4.69) is 33.1 Å². The molecule has 2 aliphatic carbocycles. The summed E-state index contributed by atoms with van der Waals surface area (Å²) in [5.74, 6) is 0.440. The zero-order valence-corrected chi connectivity index (χ0v) is 18.6. The fourth-order valence-corrected chi connectivity index (χ4v) is 6.32. The standard InChI is InChI=1S/C25H32N4O2/c1-24(2)11-5-4-8-22(24)29-16-25(31-23(29)30)12-6-7-18(14-25)15-28-17-27-20-10-9-19(26-3)13-21(20)28/h9-10,13,17-18,22H,4-8,11-12,14-16H2,1-2H3/t18-,22?,25-/m0/s1. The minimum absolute atomic E-state index is 0.101. The van der Waals surface area contributed by atoms with Crippen LogP contribution < -0.4 is 0 Å². The minimum Gasteiger partial charge on any atom is -0.441 e. The summed E-state index contributed by atoms with van der Waals surface area (Å²) < 4.78 is 8.32. The van der Waals surface area contributed by atoms with Crippen molar-refractivity contribution in [1.82, 2.24) is 14.5 Å². The summed E-state index contributed by atoms with van der Waals surface area (Å²) in [6.07, 6.45) is 10.6. The Morgan fingerprint density at radius 2 is 2.10 bits per heavy atom. The first-order chi connectivity index (χ1) is 14.9. The van der Waals surface area contributed by atoms with Gasteiger partial charge in [0.05, 0.1) is 30.5 Å². The molecule has 1 aliphatic heterocycles. The van der Waals surface area contributed by atoms with Crippen molar-refractivity contribution < 1.29 is 9.53 Å². The van der Waals surface area contributed by atoms with Crippen molar-refractivity contribution in [1.29, 1.82) is 0 Å². The van der Waals surface area contributed by atoms with E-state index in [1.807, 2.05) is 24.5 Å². The molecule has 6 nitrogen and oxygen atoms in total. The van der Waals surface area contributed by atoms with Crippen LogP contribution in [0.3, 0.4) is 0 Å². The molecule has 1 saturated heterocycles. The van der Waals surface area contributed by atoms with Crippen molar-refractivity contribution >= 4 is 22.8 Å². The number of carbonyl (C=O) groups excluding carboxylic acids is 1. The maximum Gasteiger partial charge on any atom is 0.410 e. The van der Waals surface area contributed by atoms with Gasteiger partial charge in [0.15, 0.2) is 5.69 Å². The topological polar surface area (TPSA) is 51.7 Å². The highest BCUT2D eigenvalue weighted by Crippen LogP contribution is 2.46. The van der Waals surface area contributed by atoms with Crippen LogP contribution in [-0.4, -0.2) is 38.7 Å². The van der Waals surface area contributed by atoms with E-state index in [4.69, 9.17) is 11.3 Å². The van der Waals surface area contributed by atoms with Gasteiger partial charge in [0.1, 0.15) is 5.60 Å². The quantitative estimate of drug-likeness (QED) is 0.578. The normalized spacial score (nSPS) is 30.5. The number of ether oxygens (including phenoxy) is 1. The fourth-order valence-electron chi connectivity index (χ4n) is 6.32. The first-order valence-corrected chi connectivity index (χ1v) is 11.7. The van der Waals surface area contributed by atoms with Crippen LogP contribution in [-0.2, 0) is 11.3 Å². The van der Waals surface area contributed by atoms with Gasteiger partial charge in [-0.05, 0) is 62.0 Å². The van der Waals surface area contributed by atoms with Gasteiger partial charge in [-0.2, -0.15) is 0 Å². The minimum atomic E-state index is -0.342. The first-order valence-electron chi connectivity index (χ1n) is 11.7. The molecule has 6 heteroatoms. The molecule has 0 bridgehead atoms. The van der Waals surface area contributed by atoms with Crippen LogP contribution in [0.25, 0.3) is 15.9 Å². The molecule has 3 atom stereocenters. The van der Waals surface area contributed by atoms with E-state index in [0.717, 1.165) is 56.2 Å². The Hall–Kier alpha value is -2.55. The Bertz CT molecular complexity index is 1040. The van der Waals surface area contributed by atoms with E-state index in [1.165, 1.54) is 19.3 Å². The van der Waals surface area contributed by atoms with E-state index < -0.39 is 0 Å². The maximum atomic E-state index is 13.0. The predicted molar refractivity (Wildman–Crippen MR) is 120 cm³/mol. The lowest BCUT2D eigenvalue weighted by atomic mass is 9.72. The predicted octanol–water partition coefficient (Wildman–Crippen LogP) is 5.94. The summed E-state index contributed by atoms with van der Waals surface area (Å²) in [5.41, 5.74) is 2.40. The number of fused-ring (bicyclic) bond motifs is 1. The molecule has 1 unspecified atom stereocenters. The van der Waals surface area contributed by atoms with E-state index in [9.17, 15) is 4.79 Å². The molecule has 0 N–H and O–H groups in total. The van der Waals surface area contributed by atoms with Gasteiger partial charge in [-0.3, -0.25) is 0 Å². The van der Waals surface area contributed by atoms with Crippen molar-refractivity contribution in [2.75, 3.05) is 6.54 Å². The van der Waals surface area contributed by atoms with E-state index in [-0.39, 0.29) is 23.2 Å². The molecule has 5 rings (SSSR count). The highest BCUT2D eigenvalue weighted by atomic mass is 16.6. The summed E-state index contributed by atoms with van der Waals surface area (Å²) in [6.45, 7) is 13.5. The second-order valence-corrected chi connectivity index (χ2v) is 10.6. The van der Waals surface area contributed by atoms with Crippen LogP contribution in [0.1, 0.15) is 65.2 Å². The lowest BCUT2D eigenvalue weighted by Gasteiger charge is -2.43. The van der Waals surface area contributed by atoms with Crippen molar-refractivity contribution in [3.8, 4) is 0 Å². The van der Waals surface area contributed by atoms with Gasteiger partial charge >= 0.3 is 6.09 Å². The van der Waals surface area contributed by atoms with Gasteiger partial charge in [-0.15, -0.1) is 0 Å². The zero-order chi connectivity index (χ0) is 21.6. The summed E-state index contributed by atoms with van der Waals surface area (Å²) in [4.78, 5) is 23.1. The number of carbonyl (C=O) groups is 1. The number of hydrogen-bond acceptors (Lipinski definition) is 3. The van der Waals surface area contributed by atoms with E-state index in [1.54, 1.807) is 0 Å². The first kappa shape index (κ1) is 20.4. The molecule has 164 valence electrons. The third-order valence-electron chi connectivity index (χ3n) is 7.92. The fraction of sp³-hybridized carbons (Fsp3) is 0.640.